The van der Waals surface area contributed by atoms with Gasteiger partial charge in [0, 0.05) is 19.6 Å². The van der Waals surface area contributed by atoms with E-state index in [0.29, 0.717) is 34.7 Å². The molecule has 0 aliphatic carbocycles. The number of anilines is 2. The van der Waals surface area contributed by atoms with Crippen LogP contribution in [-0.2, 0) is 0 Å². The Morgan fingerprint density at radius 3 is 2.57 bits per heavy atom. The van der Waals surface area contributed by atoms with Crippen LogP contribution in [0.4, 0.5) is 10.7 Å². The second-order valence-corrected chi connectivity index (χ2v) is 6.89. The lowest BCUT2D eigenvalue weighted by Gasteiger charge is -2.35. The third kappa shape index (κ3) is 3.26. The maximum absolute atomic E-state index is 12.1. The monoisotopic (exact) mass is 311 g/mol. The van der Waals surface area contributed by atoms with Crippen LogP contribution in [-0.4, -0.2) is 32.7 Å². The molecule has 1 aliphatic heterocycles. The molecule has 0 spiro atoms. The number of carbonyl (C=O) groups excluding carboxylic acids is 1. The lowest BCUT2D eigenvalue weighted by Crippen LogP contribution is -2.38. The minimum Gasteiger partial charge on any atom is -0.492 e. The van der Waals surface area contributed by atoms with E-state index in [1.807, 2.05) is 6.92 Å². The number of nitrogens with two attached hydrogens (primary N) is 1. The van der Waals surface area contributed by atoms with E-state index < -0.39 is 0 Å². The highest BCUT2D eigenvalue weighted by Gasteiger charge is 2.29. The number of thiophene rings is 1. The van der Waals surface area contributed by atoms with Crippen LogP contribution in [0.5, 0.6) is 5.75 Å². The molecule has 1 saturated heterocycles. The lowest BCUT2D eigenvalue weighted by atomic mass is 9.92. The average Bonchev–Trinajstić information content (AvgIpc) is 2.75. The number of methoxy groups -OCH3 is 1. The fourth-order valence-electron chi connectivity index (χ4n) is 3.06. The van der Waals surface area contributed by atoms with E-state index in [4.69, 9.17) is 10.5 Å². The second kappa shape index (κ2) is 6.56. The molecule has 1 fully saturated rings. The van der Waals surface area contributed by atoms with Crippen LogP contribution in [0.2, 0.25) is 0 Å². The van der Waals surface area contributed by atoms with Crippen molar-refractivity contribution in [1.82, 2.24) is 5.32 Å². The fourth-order valence-corrected chi connectivity index (χ4v) is 4.19. The number of nitrogens with one attached hydrogen (secondary N) is 1. The normalized spacial score (nSPS) is 22.2. The van der Waals surface area contributed by atoms with Crippen molar-refractivity contribution in [2.75, 3.05) is 37.4 Å². The van der Waals surface area contributed by atoms with Crippen molar-refractivity contribution in [3.8, 4) is 5.75 Å². The van der Waals surface area contributed by atoms with Gasteiger partial charge in [-0.2, -0.15) is 0 Å². The van der Waals surface area contributed by atoms with Crippen LogP contribution in [0.15, 0.2) is 0 Å². The third-order valence-electron chi connectivity index (χ3n) is 3.79. The fraction of sp³-hybridized carbons (Fsp3) is 0.667. The summed E-state index contributed by atoms with van der Waals surface area (Å²) in [5.74, 6) is 1.79. The molecule has 6 heteroatoms. The molecule has 1 aromatic heterocycles. The average molecular weight is 311 g/mol. The number of nitrogen functional groups attached to an aromatic ring is 1. The van der Waals surface area contributed by atoms with Gasteiger partial charge in [-0.05, 0) is 25.2 Å². The summed E-state index contributed by atoms with van der Waals surface area (Å²) < 4.78 is 5.47. The second-order valence-electron chi connectivity index (χ2n) is 5.89. The van der Waals surface area contributed by atoms with Crippen LogP contribution in [0.1, 0.15) is 36.9 Å². The SMILES string of the molecule is CCNC(=O)c1sc(N2CC(C)CC(C)C2)c(OC)c1N. The quantitative estimate of drug-likeness (QED) is 0.897. The summed E-state index contributed by atoms with van der Waals surface area (Å²) in [6.45, 7) is 8.97. The molecule has 0 radical (unpaired) electrons. The predicted molar refractivity (Wildman–Crippen MR) is 88.4 cm³/mol. The predicted octanol–water partition coefficient (Wildman–Crippen LogP) is 2.57. The zero-order chi connectivity index (χ0) is 15.6. The molecule has 0 bridgehead atoms. The van der Waals surface area contributed by atoms with E-state index in [0.717, 1.165) is 18.1 Å². The van der Waals surface area contributed by atoms with Gasteiger partial charge in [0.15, 0.2) is 5.75 Å². The molecule has 3 N–H and O–H groups in total. The summed E-state index contributed by atoms with van der Waals surface area (Å²) in [6, 6.07) is 0. The van der Waals surface area contributed by atoms with Crippen molar-refractivity contribution in [2.45, 2.75) is 27.2 Å². The maximum Gasteiger partial charge on any atom is 0.263 e. The number of rotatable bonds is 4. The molecule has 1 amide bonds. The first-order chi connectivity index (χ1) is 9.97. The molecular formula is C15H25N3O2S. The molecular weight excluding hydrogens is 286 g/mol. The largest absolute Gasteiger partial charge is 0.492 e. The van der Waals surface area contributed by atoms with Crippen molar-refractivity contribution in [1.29, 1.82) is 0 Å². The van der Waals surface area contributed by atoms with E-state index in [1.54, 1.807) is 7.11 Å². The van der Waals surface area contributed by atoms with Crippen molar-refractivity contribution < 1.29 is 9.53 Å². The Labute approximate surface area is 130 Å². The molecule has 2 unspecified atom stereocenters. The molecule has 21 heavy (non-hydrogen) atoms. The minimum absolute atomic E-state index is 0.123. The number of amides is 1. The number of hydrogen-bond acceptors (Lipinski definition) is 5. The number of ether oxygens (including phenoxy) is 1. The number of hydrogen-bond donors (Lipinski definition) is 2. The van der Waals surface area contributed by atoms with Gasteiger partial charge in [-0.3, -0.25) is 4.79 Å². The van der Waals surface area contributed by atoms with Gasteiger partial charge < -0.3 is 20.7 Å². The van der Waals surface area contributed by atoms with Gasteiger partial charge in [-0.1, -0.05) is 13.8 Å². The van der Waals surface area contributed by atoms with Gasteiger partial charge >= 0.3 is 0 Å². The Morgan fingerprint density at radius 1 is 1.43 bits per heavy atom. The van der Waals surface area contributed by atoms with Gasteiger partial charge in [0.1, 0.15) is 15.6 Å². The van der Waals surface area contributed by atoms with E-state index >= 15 is 0 Å². The van der Waals surface area contributed by atoms with Gasteiger partial charge in [0.25, 0.3) is 5.91 Å². The van der Waals surface area contributed by atoms with Crippen LogP contribution < -0.4 is 20.7 Å². The van der Waals surface area contributed by atoms with Crippen molar-refractivity contribution >= 4 is 27.9 Å². The number of carbonyl (C=O) groups is 1. The first kappa shape index (κ1) is 15.9. The van der Waals surface area contributed by atoms with E-state index in [1.165, 1.54) is 17.8 Å². The topological polar surface area (TPSA) is 67.6 Å². The van der Waals surface area contributed by atoms with E-state index in [-0.39, 0.29) is 5.91 Å². The van der Waals surface area contributed by atoms with Gasteiger partial charge in [-0.15, -0.1) is 11.3 Å². The summed E-state index contributed by atoms with van der Waals surface area (Å²) in [5, 5.41) is 3.79. The molecule has 2 rings (SSSR count). The summed E-state index contributed by atoms with van der Waals surface area (Å²) in [5.41, 5.74) is 6.57. The Bertz CT molecular complexity index is 505. The van der Waals surface area contributed by atoms with Crippen LogP contribution >= 0.6 is 11.3 Å². The molecule has 118 valence electrons. The standard InChI is InChI=1S/C15H25N3O2S/c1-5-17-14(19)13-11(16)12(20-4)15(21-13)18-7-9(2)6-10(3)8-18/h9-10H,5-8,16H2,1-4H3,(H,17,19). The molecule has 0 saturated carbocycles. The summed E-state index contributed by atoms with van der Waals surface area (Å²) in [6.07, 6.45) is 1.24. The molecule has 2 heterocycles. The van der Waals surface area contributed by atoms with Crippen LogP contribution in [0.3, 0.4) is 0 Å². The van der Waals surface area contributed by atoms with E-state index in [2.05, 4.69) is 24.1 Å². The summed E-state index contributed by atoms with van der Waals surface area (Å²) >= 11 is 1.43. The lowest BCUT2D eigenvalue weighted by molar-refractivity contribution is 0.0960. The highest BCUT2D eigenvalue weighted by atomic mass is 32.1. The van der Waals surface area contributed by atoms with Crippen LogP contribution in [0, 0.1) is 11.8 Å². The Kier molecular flexibility index (Phi) is 4.98. The summed E-state index contributed by atoms with van der Waals surface area (Å²) in [7, 11) is 1.61. The minimum atomic E-state index is -0.123. The van der Waals surface area contributed by atoms with Crippen LogP contribution in [0.25, 0.3) is 0 Å². The zero-order valence-corrected chi connectivity index (χ0v) is 14.0. The van der Waals surface area contributed by atoms with Gasteiger partial charge in [0.05, 0.1) is 7.11 Å². The highest BCUT2D eigenvalue weighted by molar-refractivity contribution is 7.19. The Morgan fingerprint density at radius 2 is 2.05 bits per heavy atom. The molecule has 2 atom stereocenters. The maximum atomic E-state index is 12.1. The number of piperidine rings is 1. The van der Waals surface area contributed by atoms with Gasteiger partial charge in [-0.25, -0.2) is 0 Å². The molecule has 1 aromatic rings. The van der Waals surface area contributed by atoms with Crippen molar-refractivity contribution in [2.24, 2.45) is 11.8 Å². The molecule has 5 nitrogen and oxygen atoms in total. The zero-order valence-electron chi connectivity index (χ0n) is 13.2. The summed E-state index contributed by atoms with van der Waals surface area (Å²) in [4.78, 5) is 15.0. The Balaban J connectivity index is 2.34. The van der Waals surface area contributed by atoms with Gasteiger partial charge in [0.2, 0.25) is 0 Å². The number of nitrogens with zero attached hydrogens (tertiary/aromatic N) is 1. The highest BCUT2D eigenvalue weighted by Crippen LogP contribution is 2.46. The van der Waals surface area contributed by atoms with E-state index in [9.17, 15) is 4.79 Å². The van der Waals surface area contributed by atoms with Crippen molar-refractivity contribution in [3.63, 3.8) is 0 Å². The van der Waals surface area contributed by atoms with Crippen molar-refractivity contribution in [3.05, 3.63) is 4.88 Å². The first-order valence-electron chi connectivity index (χ1n) is 7.47. The first-order valence-corrected chi connectivity index (χ1v) is 8.28. The molecule has 1 aliphatic rings. The molecule has 0 aromatic carbocycles. The smallest absolute Gasteiger partial charge is 0.263 e. The third-order valence-corrected chi connectivity index (χ3v) is 5.03. The Hall–Kier alpha value is -1.43.